The first-order valence-corrected chi connectivity index (χ1v) is 25.4. The lowest BCUT2D eigenvalue weighted by Crippen LogP contribution is -2.62. The summed E-state index contributed by atoms with van der Waals surface area (Å²) in [5.74, 6) is -2.94. The van der Waals surface area contributed by atoms with Crippen molar-refractivity contribution in [1.82, 2.24) is 24.3 Å². The molecular formula is C38H61N5O14Si2. The molecule has 0 unspecified atom stereocenters. The van der Waals surface area contributed by atoms with E-state index >= 15 is 0 Å². The van der Waals surface area contributed by atoms with E-state index in [2.05, 4.69) is 82.8 Å². The second-order valence-corrected chi connectivity index (χ2v) is 27.4. The highest BCUT2D eigenvalue weighted by Crippen LogP contribution is 2.42. The summed E-state index contributed by atoms with van der Waals surface area (Å²) in [6, 6.07) is 0. The third-order valence-electron chi connectivity index (χ3n) is 11.1. The molecular weight excluding hydrogens is 807 g/mol. The summed E-state index contributed by atoms with van der Waals surface area (Å²) in [4.78, 5) is 71.1. The van der Waals surface area contributed by atoms with E-state index in [9.17, 15) is 24.0 Å². The maximum atomic E-state index is 13.9. The van der Waals surface area contributed by atoms with Crippen LogP contribution >= 0.6 is 0 Å². The Balaban J connectivity index is 1.74. The second kappa shape index (κ2) is 18.8. The molecule has 19 nitrogen and oxygen atoms in total. The van der Waals surface area contributed by atoms with Gasteiger partial charge in [0.25, 0.3) is 0 Å². The molecule has 2 fully saturated rings. The molecule has 0 bridgehead atoms. The lowest BCUT2D eigenvalue weighted by Gasteiger charge is -2.44. The molecule has 0 amide bonds. The van der Waals surface area contributed by atoms with E-state index in [4.69, 9.17) is 42.0 Å². The van der Waals surface area contributed by atoms with Gasteiger partial charge in [-0.1, -0.05) is 41.5 Å². The van der Waals surface area contributed by atoms with Crippen LogP contribution in [-0.4, -0.2) is 121 Å². The van der Waals surface area contributed by atoms with Gasteiger partial charge in [-0.15, -0.1) is 0 Å². The van der Waals surface area contributed by atoms with Crippen molar-refractivity contribution in [3.05, 3.63) is 34.9 Å². The van der Waals surface area contributed by atoms with Gasteiger partial charge in [-0.05, 0) is 36.3 Å². The molecule has 21 heteroatoms. The quantitative estimate of drug-likeness (QED) is 0.140. The van der Waals surface area contributed by atoms with Crippen LogP contribution in [0.3, 0.4) is 0 Å². The van der Waals surface area contributed by atoms with E-state index in [0.29, 0.717) is 12.0 Å². The Morgan fingerprint density at radius 3 is 1.93 bits per heavy atom. The fourth-order valence-corrected chi connectivity index (χ4v) is 8.40. The molecule has 4 rings (SSSR count). The van der Waals surface area contributed by atoms with Gasteiger partial charge in [-0.2, -0.15) is 10.1 Å². The fourth-order valence-electron chi connectivity index (χ4n) is 6.03. The van der Waals surface area contributed by atoms with E-state index in [1.54, 1.807) is 0 Å². The van der Waals surface area contributed by atoms with Gasteiger partial charge in [0, 0.05) is 45.9 Å². The Bertz CT molecular complexity index is 1860. The summed E-state index contributed by atoms with van der Waals surface area (Å²) in [7, 11) is -4.52. The Morgan fingerprint density at radius 1 is 0.797 bits per heavy atom. The number of aromatic nitrogens is 5. The van der Waals surface area contributed by atoms with E-state index < -0.39 is 102 Å². The number of rotatable bonds is 15. The molecule has 2 aromatic heterocycles. The number of ether oxygens (including phenoxy) is 7. The molecule has 59 heavy (non-hydrogen) atoms. The Labute approximate surface area is 346 Å². The van der Waals surface area contributed by atoms with Crippen LogP contribution in [0.15, 0.2) is 23.6 Å². The average Bonchev–Trinajstić information content (AvgIpc) is 3.77. The predicted octanol–water partition coefficient (Wildman–Crippen LogP) is 4.12. The van der Waals surface area contributed by atoms with Gasteiger partial charge >= 0.3 is 29.6 Å². The minimum atomic E-state index is -2.32. The van der Waals surface area contributed by atoms with Gasteiger partial charge in [0.1, 0.15) is 37.7 Å². The largest absolute Gasteiger partial charge is 0.463 e. The molecule has 330 valence electrons. The smallest absolute Gasteiger partial charge is 0.351 e. The number of nitrogens with zero attached hydrogens (tertiary/aromatic N) is 5. The third kappa shape index (κ3) is 12.1. The van der Waals surface area contributed by atoms with Gasteiger partial charge in [-0.25, -0.2) is 14.5 Å². The van der Waals surface area contributed by atoms with Gasteiger partial charge in [-0.3, -0.25) is 23.7 Å². The molecule has 0 N–H and O–H groups in total. The fraction of sp³-hybridized carbons (Fsp3) is 0.737. The number of hydrogen-bond donors (Lipinski definition) is 0. The molecule has 0 aliphatic carbocycles. The van der Waals surface area contributed by atoms with Crippen LogP contribution < -0.4 is 5.69 Å². The molecule has 4 heterocycles. The molecule has 0 spiro atoms. The molecule has 2 aliphatic rings. The zero-order chi connectivity index (χ0) is 44.2. The summed E-state index contributed by atoms with van der Waals surface area (Å²) in [6.07, 6.45) is -4.26. The van der Waals surface area contributed by atoms with Crippen molar-refractivity contribution in [2.45, 2.75) is 168 Å². The van der Waals surface area contributed by atoms with Gasteiger partial charge in [0.15, 0.2) is 47.1 Å². The Morgan fingerprint density at radius 2 is 1.39 bits per heavy atom. The number of esters is 4. The highest BCUT2D eigenvalue weighted by Gasteiger charge is 2.53. The van der Waals surface area contributed by atoms with Crippen LogP contribution in [0, 0.1) is 0 Å². The molecule has 2 saturated heterocycles. The summed E-state index contributed by atoms with van der Waals surface area (Å²) in [5, 5.41) is 4.02. The highest BCUT2D eigenvalue weighted by atomic mass is 28.4. The van der Waals surface area contributed by atoms with Crippen molar-refractivity contribution in [3.8, 4) is 5.82 Å². The van der Waals surface area contributed by atoms with Crippen molar-refractivity contribution >= 4 is 40.5 Å². The van der Waals surface area contributed by atoms with Crippen LogP contribution in [0.4, 0.5) is 0 Å². The first kappa shape index (κ1) is 47.8. The zero-order valence-electron chi connectivity index (χ0n) is 36.6. The molecule has 2 aliphatic heterocycles. The van der Waals surface area contributed by atoms with Gasteiger partial charge < -0.3 is 42.0 Å². The van der Waals surface area contributed by atoms with Crippen LogP contribution in [-0.2, 0) is 67.8 Å². The lowest BCUT2D eigenvalue weighted by molar-refractivity contribution is -0.310. The summed E-state index contributed by atoms with van der Waals surface area (Å²) >= 11 is 0. The third-order valence-corrected chi connectivity index (χ3v) is 20.2. The lowest BCUT2D eigenvalue weighted by atomic mass is 9.98. The van der Waals surface area contributed by atoms with Crippen molar-refractivity contribution in [2.75, 3.05) is 13.2 Å². The SMILES string of the molecule is CC(=O)OC[C@H]1O[C@@H](OCc2cn([C@H]3C[C@H](O[Si](C)(C)C(C)(C)C)[C@@H](CO[Si](C)(C)C(C)(C)C)O3)c(=O)nc2-n2cncn2)[C@H](OC(C)=O)[C@@H](OC(C)=O)[C@@H]1OC(C)=O. The topological polar surface area (TPSA) is 217 Å². The first-order chi connectivity index (χ1) is 27.2. The predicted molar refractivity (Wildman–Crippen MR) is 214 cm³/mol. The van der Waals surface area contributed by atoms with Crippen LogP contribution in [0.25, 0.3) is 5.82 Å². The minimum Gasteiger partial charge on any atom is -0.463 e. The van der Waals surface area contributed by atoms with E-state index in [1.165, 1.54) is 35.0 Å². The first-order valence-electron chi connectivity index (χ1n) is 19.6. The molecule has 0 radical (unpaired) electrons. The number of hydrogen-bond acceptors (Lipinski definition) is 17. The van der Waals surface area contributed by atoms with E-state index in [1.807, 2.05) is 0 Å². The second-order valence-electron chi connectivity index (χ2n) is 17.9. The summed E-state index contributed by atoms with van der Waals surface area (Å²) < 4.78 is 57.0. The standard InChI is InChI=1S/C38H61N5O14Si2/c1-22(44)49-18-29-31(52-23(2)45)32(53-24(3)46)33(54-25(4)47)35(56-29)50-17-26-16-42(36(48)41-34(26)43-21-39-20-40-43)30-15-27(57-59(13,14)38(8,9)10)28(55-30)19-51-58(11,12)37(5,6)7/h16,20-21,27-33,35H,15,17-19H2,1-14H3/t27-,28+,29+,30+,31+,32-,33+,35+/m0/s1. The number of carbonyl (C=O) groups excluding carboxylic acids is 4. The van der Waals surface area contributed by atoms with Gasteiger partial charge in [0.05, 0.1) is 19.3 Å². The number of carbonyl (C=O) groups is 4. The average molecular weight is 868 g/mol. The Kier molecular flexibility index (Phi) is 15.2. The molecule has 0 saturated carbocycles. The zero-order valence-corrected chi connectivity index (χ0v) is 38.6. The van der Waals surface area contributed by atoms with Gasteiger partial charge in [0.2, 0.25) is 0 Å². The maximum absolute atomic E-state index is 13.9. The van der Waals surface area contributed by atoms with Crippen molar-refractivity contribution < 1.29 is 61.2 Å². The van der Waals surface area contributed by atoms with Crippen molar-refractivity contribution in [3.63, 3.8) is 0 Å². The van der Waals surface area contributed by atoms with Crippen molar-refractivity contribution in [1.29, 1.82) is 0 Å². The van der Waals surface area contributed by atoms with E-state index in [-0.39, 0.29) is 29.1 Å². The normalized spacial score (nSPS) is 25.3. The highest BCUT2D eigenvalue weighted by molar-refractivity contribution is 6.74. The molecule has 0 aromatic carbocycles. The molecule has 8 atom stereocenters. The van der Waals surface area contributed by atoms with Crippen LogP contribution in [0.1, 0.15) is 87.4 Å². The monoisotopic (exact) mass is 867 g/mol. The summed E-state index contributed by atoms with van der Waals surface area (Å²) in [6.45, 7) is 25.6. The van der Waals surface area contributed by atoms with Crippen LogP contribution in [0.5, 0.6) is 0 Å². The Hall–Kier alpha value is -3.87. The van der Waals surface area contributed by atoms with E-state index in [0.717, 1.165) is 20.8 Å². The van der Waals surface area contributed by atoms with Crippen LogP contribution in [0.2, 0.25) is 36.3 Å². The van der Waals surface area contributed by atoms with Crippen molar-refractivity contribution in [2.24, 2.45) is 0 Å². The maximum Gasteiger partial charge on any atom is 0.351 e. The molecule has 2 aromatic rings. The summed E-state index contributed by atoms with van der Waals surface area (Å²) in [5.41, 5.74) is -0.344. The minimum absolute atomic E-state index is 0.0513.